The average Bonchev–Trinajstić information content (AvgIpc) is 2.68. The molecule has 0 aliphatic carbocycles. The van der Waals surface area contributed by atoms with Gasteiger partial charge in [0.15, 0.2) is 6.29 Å². The molecule has 1 fully saturated rings. The number of hydrogen-bond acceptors (Lipinski definition) is 6. The van der Waals surface area contributed by atoms with Crippen LogP contribution in [0.1, 0.15) is 54.0 Å². The predicted octanol–water partition coefficient (Wildman–Crippen LogP) is 3.91. The second kappa shape index (κ2) is 11.9. The summed E-state index contributed by atoms with van der Waals surface area (Å²) in [5.41, 5.74) is -0.388. The number of hydrogen-bond donors (Lipinski definition) is 2. The molecule has 198 valence electrons. The van der Waals surface area contributed by atoms with Crippen molar-refractivity contribution in [1.82, 2.24) is 10.2 Å². The van der Waals surface area contributed by atoms with Gasteiger partial charge in [-0.25, -0.2) is 9.18 Å². The number of halogens is 2. The van der Waals surface area contributed by atoms with Gasteiger partial charge in [0, 0.05) is 11.9 Å². The van der Waals surface area contributed by atoms with Crippen LogP contribution in [-0.4, -0.2) is 71.8 Å². The van der Waals surface area contributed by atoms with Gasteiger partial charge in [-0.1, -0.05) is 32.4 Å². The number of amides is 2. The van der Waals surface area contributed by atoms with E-state index >= 15 is 0 Å². The van der Waals surface area contributed by atoms with E-state index in [-0.39, 0.29) is 35.9 Å². The first kappa shape index (κ1) is 29.3. The van der Waals surface area contributed by atoms with Crippen LogP contribution in [0.2, 0.25) is 5.02 Å². The number of morpholine rings is 1. The van der Waals surface area contributed by atoms with Crippen LogP contribution in [0.4, 0.5) is 9.18 Å². The van der Waals surface area contributed by atoms with E-state index in [1.807, 2.05) is 20.8 Å². The SMILES string of the molecule is CC(=O)NC(Cc1cc(F)cc(Cl)c1)C(O)C1COC(OCC(C)(C)C)CN1C(=O)OC(C)(C)C. The zero-order valence-corrected chi connectivity index (χ0v) is 22.3. The summed E-state index contributed by atoms with van der Waals surface area (Å²) in [6.45, 7) is 13.0. The lowest BCUT2D eigenvalue weighted by atomic mass is 9.95. The molecule has 2 amide bonds. The summed E-state index contributed by atoms with van der Waals surface area (Å²) >= 11 is 5.98. The van der Waals surface area contributed by atoms with Crippen molar-refractivity contribution in [2.75, 3.05) is 19.8 Å². The predicted molar refractivity (Wildman–Crippen MR) is 131 cm³/mol. The van der Waals surface area contributed by atoms with Crippen molar-refractivity contribution < 1.29 is 33.3 Å². The molecule has 1 aliphatic rings. The van der Waals surface area contributed by atoms with Crippen molar-refractivity contribution in [3.63, 3.8) is 0 Å². The van der Waals surface area contributed by atoms with E-state index in [1.165, 1.54) is 24.0 Å². The van der Waals surface area contributed by atoms with Gasteiger partial charge in [0.1, 0.15) is 11.4 Å². The van der Waals surface area contributed by atoms with Gasteiger partial charge in [0.2, 0.25) is 5.91 Å². The third-order valence-corrected chi connectivity index (χ3v) is 5.32. The highest BCUT2D eigenvalue weighted by Gasteiger charge is 2.42. The van der Waals surface area contributed by atoms with Gasteiger partial charge in [-0.3, -0.25) is 9.69 Å². The number of ether oxygens (including phenoxy) is 3. The monoisotopic (exact) mass is 516 g/mol. The maximum atomic E-state index is 13.9. The van der Waals surface area contributed by atoms with E-state index in [9.17, 15) is 19.1 Å². The quantitative estimate of drug-likeness (QED) is 0.570. The summed E-state index contributed by atoms with van der Waals surface area (Å²) in [6.07, 6.45) is -2.51. The second-order valence-corrected chi connectivity index (χ2v) is 11.6. The Kier molecular flexibility index (Phi) is 9.93. The molecule has 8 nitrogen and oxygen atoms in total. The highest BCUT2D eigenvalue weighted by Crippen LogP contribution is 2.25. The summed E-state index contributed by atoms with van der Waals surface area (Å²) in [5.74, 6) is -0.915. The molecule has 0 saturated carbocycles. The van der Waals surface area contributed by atoms with E-state index in [1.54, 1.807) is 26.8 Å². The molecule has 35 heavy (non-hydrogen) atoms. The average molecular weight is 517 g/mol. The molecule has 0 spiro atoms. The number of carbonyl (C=O) groups is 2. The topological polar surface area (TPSA) is 97.3 Å². The molecule has 0 bridgehead atoms. The lowest BCUT2D eigenvalue weighted by Crippen LogP contribution is -2.62. The standard InChI is InChI=1S/C25H38ClFN2O6/c1-15(30)28-19(10-16-8-17(26)11-18(27)9-16)22(31)20-13-33-21(34-14-24(2,3)4)12-29(20)23(32)35-25(5,6)7/h8-9,11,19-22,31H,10,12-14H2,1-7H3,(H,28,30). The number of rotatable bonds is 7. The molecule has 4 unspecified atom stereocenters. The van der Waals surface area contributed by atoms with E-state index in [2.05, 4.69) is 5.32 Å². The van der Waals surface area contributed by atoms with Gasteiger partial charge in [0.25, 0.3) is 0 Å². The molecule has 1 aromatic carbocycles. The largest absolute Gasteiger partial charge is 0.444 e. The van der Waals surface area contributed by atoms with Gasteiger partial charge in [-0.05, 0) is 56.4 Å². The smallest absolute Gasteiger partial charge is 0.410 e. The van der Waals surface area contributed by atoms with E-state index in [0.29, 0.717) is 12.2 Å². The Morgan fingerprint density at radius 1 is 1.26 bits per heavy atom. The highest BCUT2D eigenvalue weighted by atomic mass is 35.5. The lowest BCUT2D eigenvalue weighted by Gasteiger charge is -2.43. The minimum atomic E-state index is -1.25. The summed E-state index contributed by atoms with van der Waals surface area (Å²) in [6, 6.07) is 2.32. The van der Waals surface area contributed by atoms with Crippen LogP contribution in [0.25, 0.3) is 0 Å². The number of carbonyl (C=O) groups excluding carboxylic acids is 2. The summed E-state index contributed by atoms with van der Waals surface area (Å²) < 4.78 is 31.1. The number of benzene rings is 1. The van der Waals surface area contributed by atoms with Crippen molar-refractivity contribution in [3.05, 3.63) is 34.6 Å². The fraction of sp³-hybridized carbons (Fsp3) is 0.680. The number of nitrogens with one attached hydrogen (secondary N) is 1. The molecule has 1 aromatic rings. The van der Waals surface area contributed by atoms with E-state index in [0.717, 1.165) is 0 Å². The fourth-order valence-corrected chi connectivity index (χ4v) is 3.92. The molecule has 1 heterocycles. The van der Waals surface area contributed by atoms with Gasteiger partial charge in [-0.2, -0.15) is 0 Å². The van der Waals surface area contributed by atoms with Gasteiger partial charge >= 0.3 is 6.09 Å². The Labute approximate surface area is 212 Å². The third-order valence-electron chi connectivity index (χ3n) is 5.10. The van der Waals surface area contributed by atoms with Crippen LogP contribution in [0, 0.1) is 11.2 Å². The van der Waals surface area contributed by atoms with Crippen LogP contribution < -0.4 is 5.32 Å². The van der Waals surface area contributed by atoms with E-state index < -0.39 is 42.0 Å². The normalized spacial score (nSPS) is 20.8. The van der Waals surface area contributed by atoms with Crippen molar-refractivity contribution in [2.45, 2.75) is 85.0 Å². The van der Waals surface area contributed by atoms with Crippen LogP contribution >= 0.6 is 11.6 Å². The van der Waals surface area contributed by atoms with Crippen molar-refractivity contribution in [2.24, 2.45) is 5.41 Å². The molecular formula is C25H38ClFN2O6. The minimum Gasteiger partial charge on any atom is -0.444 e. The minimum absolute atomic E-state index is 0.0330. The van der Waals surface area contributed by atoms with Gasteiger partial charge in [0.05, 0.1) is 37.9 Å². The van der Waals surface area contributed by atoms with Gasteiger partial charge in [-0.15, -0.1) is 0 Å². The summed E-state index contributed by atoms with van der Waals surface area (Å²) in [7, 11) is 0. The third kappa shape index (κ3) is 9.91. The molecule has 10 heteroatoms. The zero-order chi connectivity index (χ0) is 26.6. The maximum Gasteiger partial charge on any atom is 0.410 e. The molecule has 1 aliphatic heterocycles. The Morgan fingerprint density at radius 2 is 1.91 bits per heavy atom. The summed E-state index contributed by atoms with van der Waals surface area (Å²) in [5, 5.41) is 14.2. The van der Waals surface area contributed by atoms with Crippen LogP contribution in [0.3, 0.4) is 0 Å². The molecule has 1 saturated heterocycles. The van der Waals surface area contributed by atoms with E-state index in [4.69, 9.17) is 25.8 Å². The molecule has 2 rings (SSSR count). The summed E-state index contributed by atoms with van der Waals surface area (Å²) in [4.78, 5) is 26.4. The Morgan fingerprint density at radius 3 is 2.46 bits per heavy atom. The Bertz CT molecular complexity index is 865. The first-order valence-corrected chi connectivity index (χ1v) is 12.0. The molecule has 4 atom stereocenters. The highest BCUT2D eigenvalue weighted by molar-refractivity contribution is 6.30. The van der Waals surface area contributed by atoms with Gasteiger partial charge < -0.3 is 24.6 Å². The second-order valence-electron chi connectivity index (χ2n) is 11.1. The Balaban J connectivity index is 2.29. The van der Waals surface area contributed by atoms with Crippen LogP contribution in [0.5, 0.6) is 0 Å². The zero-order valence-electron chi connectivity index (χ0n) is 21.6. The fourth-order valence-electron chi connectivity index (χ4n) is 3.67. The number of nitrogens with zero attached hydrogens (tertiary/aromatic N) is 1. The first-order chi connectivity index (χ1) is 16.0. The molecule has 0 radical (unpaired) electrons. The van der Waals surface area contributed by atoms with Crippen molar-refractivity contribution >= 4 is 23.6 Å². The van der Waals surface area contributed by atoms with Crippen LogP contribution in [-0.2, 0) is 25.4 Å². The molecule has 2 N–H and O–H groups in total. The molecular weight excluding hydrogens is 479 g/mol. The maximum absolute atomic E-state index is 13.9. The number of aliphatic hydroxyl groups is 1. The number of aliphatic hydroxyl groups excluding tert-OH is 1. The van der Waals surface area contributed by atoms with Crippen molar-refractivity contribution in [3.8, 4) is 0 Å². The Hall–Kier alpha value is -1.94. The lowest BCUT2D eigenvalue weighted by molar-refractivity contribution is -0.211. The van der Waals surface area contributed by atoms with Crippen molar-refractivity contribution in [1.29, 1.82) is 0 Å². The first-order valence-electron chi connectivity index (χ1n) is 11.7. The molecule has 0 aromatic heterocycles. The van der Waals surface area contributed by atoms with Crippen LogP contribution in [0.15, 0.2) is 18.2 Å².